The Balaban J connectivity index is 2.48. The molecule has 3 heteroatoms. The van der Waals surface area contributed by atoms with E-state index in [0.29, 0.717) is 17.4 Å². The summed E-state index contributed by atoms with van der Waals surface area (Å²) in [5.74, 6) is 0.327. The molecule has 0 aliphatic carbocycles. The van der Waals surface area contributed by atoms with Crippen molar-refractivity contribution in [2.45, 2.75) is 0 Å². The Kier molecular flexibility index (Phi) is 3.19. The van der Waals surface area contributed by atoms with E-state index in [-0.39, 0.29) is 0 Å². The summed E-state index contributed by atoms with van der Waals surface area (Å²) in [5, 5.41) is 0. The van der Waals surface area contributed by atoms with E-state index in [1.165, 1.54) is 12.1 Å². The second-order valence-corrected chi connectivity index (χ2v) is 3.58. The molecular formula is C14H11FO2. The van der Waals surface area contributed by atoms with Gasteiger partial charge in [0.05, 0.1) is 7.11 Å². The van der Waals surface area contributed by atoms with Gasteiger partial charge in [0.25, 0.3) is 0 Å². The molecule has 86 valence electrons. The van der Waals surface area contributed by atoms with Crippen molar-refractivity contribution in [3.05, 3.63) is 53.8 Å². The van der Waals surface area contributed by atoms with Crippen molar-refractivity contribution in [1.82, 2.24) is 0 Å². The molecule has 0 amide bonds. The van der Waals surface area contributed by atoms with E-state index in [2.05, 4.69) is 0 Å². The van der Waals surface area contributed by atoms with E-state index in [1.54, 1.807) is 25.3 Å². The molecule has 2 aromatic rings. The predicted molar refractivity (Wildman–Crippen MR) is 63.8 cm³/mol. The summed E-state index contributed by atoms with van der Waals surface area (Å²) < 4.78 is 18.0. The minimum absolute atomic E-state index is 0.343. The van der Waals surface area contributed by atoms with Crippen molar-refractivity contribution in [2.75, 3.05) is 7.11 Å². The molecule has 0 fully saturated rings. The van der Waals surface area contributed by atoms with Gasteiger partial charge in [-0.15, -0.1) is 0 Å². The molecule has 17 heavy (non-hydrogen) atoms. The van der Waals surface area contributed by atoms with Gasteiger partial charge in [-0.05, 0) is 35.4 Å². The Morgan fingerprint density at radius 2 is 1.82 bits per heavy atom. The zero-order chi connectivity index (χ0) is 12.3. The monoisotopic (exact) mass is 230 g/mol. The SMILES string of the molecule is COc1ccc(-c2ccc(F)cc2C=O)cc1. The van der Waals surface area contributed by atoms with Crippen LogP contribution in [0.15, 0.2) is 42.5 Å². The smallest absolute Gasteiger partial charge is 0.150 e. The van der Waals surface area contributed by atoms with E-state index >= 15 is 0 Å². The molecular weight excluding hydrogens is 219 g/mol. The summed E-state index contributed by atoms with van der Waals surface area (Å²) in [6.45, 7) is 0. The van der Waals surface area contributed by atoms with Gasteiger partial charge in [0, 0.05) is 5.56 Å². The summed E-state index contributed by atoms with van der Waals surface area (Å²) in [6.07, 6.45) is 0.655. The molecule has 0 saturated heterocycles. The van der Waals surface area contributed by atoms with E-state index in [0.717, 1.165) is 11.3 Å². The van der Waals surface area contributed by atoms with E-state index < -0.39 is 5.82 Å². The number of methoxy groups -OCH3 is 1. The van der Waals surface area contributed by atoms with Gasteiger partial charge < -0.3 is 4.74 Å². The number of ether oxygens (including phenoxy) is 1. The van der Waals surface area contributed by atoms with Gasteiger partial charge in [-0.25, -0.2) is 4.39 Å². The minimum Gasteiger partial charge on any atom is -0.497 e. The Morgan fingerprint density at radius 1 is 1.12 bits per heavy atom. The Labute approximate surface area is 98.7 Å². The van der Waals surface area contributed by atoms with E-state index in [9.17, 15) is 9.18 Å². The molecule has 0 aromatic heterocycles. The highest BCUT2D eigenvalue weighted by Crippen LogP contribution is 2.25. The van der Waals surface area contributed by atoms with Gasteiger partial charge in [-0.3, -0.25) is 4.79 Å². The first-order valence-electron chi connectivity index (χ1n) is 5.14. The molecule has 0 atom stereocenters. The Hall–Kier alpha value is -2.16. The summed E-state index contributed by atoms with van der Waals surface area (Å²) in [7, 11) is 1.59. The number of carbonyl (C=O) groups excluding carboxylic acids is 1. The van der Waals surface area contributed by atoms with Crippen LogP contribution in [-0.4, -0.2) is 13.4 Å². The van der Waals surface area contributed by atoms with Crippen LogP contribution >= 0.6 is 0 Å². The fourth-order valence-corrected chi connectivity index (χ4v) is 1.66. The molecule has 0 aliphatic rings. The van der Waals surface area contributed by atoms with Crippen LogP contribution in [-0.2, 0) is 0 Å². The first-order chi connectivity index (χ1) is 8.24. The second-order valence-electron chi connectivity index (χ2n) is 3.58. The maximum atomic E-state index is 13.0. The molecule has 0 spiro atoms. The van der Waals surface area contributed by atoms with Crippen molar-refractivity contribution < 1.29 is 13.9 Å². The average molecular weight is 230 g/mol. The number of hydrogen-bond acceptors (Lipinski definition) is 2. The summed E-state index contributed by atoms with van der Waals surface area (Å²) in [5.41, 5.74) is 1.91. The lowest BCUT2D eigenvalue weighted by molar-refractivity contribution is 0.112. The first-order valence-corrected chi connectivity index (χ1v) is 5.14. The Bertz CT molecular complexity index is 532. The van der Waals surface area contributed by atoms with E-state index in [1.807, 2.05) is 12.1 Å². The van der Waals surface area contributed by atoms with Crippen LogP contribution in [0, 0.1) is 5.82 Å². The largest absolute Gasteiger partial charge is 0.497 e. The van der Waals surface area contributed by atoms with Crippen LogP contribution < -0.4 is 4.74 Å². The molecule has 0 N–H and O–H groups in total. The minimum atomic E-state index is -0.413. The lowest BCUT2D eigenvalue weighted by atomic mass is 10.0. The molecule has 0 saturated carbocycles. The Morgan fingerprint density at radius 3 is 2.41 bits per heavy atom. The lowest BCUT2D eigenvalue weighted by Crippen LogP contribution is -1.89. The van der Waals surface area contributed by atoms with Gasteiger partial charge >= 0.3 is 0 Å². The average Bonchev–Trinajstić information content (AvgIpc) is 2.39. The van der Waals surface area contributed by atoms with Crippen LogP contribution in [0.2, 0.25) is 0 Å². The zero-order valence-corrected chi connectivity index (χ0v) is 9.31. The van der Waals surface area contributed by atoms with Gasteiger partial charge in [0.1, 0.15) is 11.6 Å². The predicted octanol–water partition coefficient (Wildman–Crippen LogP) is 3.31. The van der Waals surface area contributed by atoms with Gasteiger partial charge in [0.2, 0.25) is 0 Å². The van der Waals surface area contributed by atoms with Crippen LogP contribution in [0.5, 0.6) is 5.75 Å². The quantitative estimate of drug-likeness (QED) is 0.756. The van der Waals surface area contributed by atoms with Crippen molar-refractivity contribution in [1.29, 1.82) is 0 Å². The normalized spacial score (nSPS) is 10.0. The third-order valence-electron chi connectivity index (χ3n) is 2.54. The number of hydrogen-bond donors (Lipinski definition) is 0. The molecule has 0 unspecified atom stereocenters. The third kappa shape index (κ3) is 2.33. The highest BCUT2D eigenvalue weighted by Gasteiger charge is 2.05. The molecule has 2 nitrogen and oxygen atoms in total. The number of halogens is 1. The highest BCUT2D eigenvalue weighted by molar-refractivity contribution is 5.87. The number of carbonyl (C=O) groups is 1. The maximum Gasteiger partial charge on any atom is 0.150 e. The van der Waals surface area contributed by atoms with Crippen LogP contribution in [0.3, 0.4) is 0 Å². The second kappa shape index (κ2) is 4.78. The molecule has 0 heterocycles. The highest BCUT2D eigenvalue weighted by atomic mass is 19.1. The summed E-state index contributed by atoms with van der Waals surface area (Å²) >= 11 is 0. The fraction of sp³-hybridized carbons (Fsp3) is 0.0714. The van der Waals surface area contributed by atoms with Gasteiger partial charge in [-0.1, -0.05) is 18.2 Å². The molecule has 0 bridgehead atoms. The summed E-state index contributed by atoms with van der Waals surface area (Å²) in [6, 6.07) is 11.4. The van der Waals surface area contributed by atoms with E-state index in [4.69, 9.17) is 4.74 Å². The number of aldehydes is 1. The van der Waals surface area contributed by atoms with Crippen LogP contribution in [0.4, 0.5) is 4.39 Å². The van der Waals surface area contributed by atoms with Crippen molar-refractivity contribution >= 4 is 6.29 Å². The van der Waals surface area contributed by atoms with Crippen molar-refractivity contribution in [2.24, 2.45) is 0 Å². The van der Waals surface area contributed by atoms with Gasteiger partial charge in [-0.2, -0.15) is 0 Å². The van der Waals surface area contributed by atoms with Crippen LogP contribution in [0.1, 0.15) is 10.4 Å². The first kappa shape index (κ1) is 11.3. The molecule has 2 aromatic carbocycles. The summed E-state index contributed by atoms with van der Waals surface area (Å²) in [4.78, 5) is 10.9. The van der Waals surface area contributed by atoms with Gasteiger partial charge in [0.15, 0.2) is 6.29 Å². The molecule has 2 rings (SSSR count). The fourth-order valence-electron chi connectivity index (χ4n) is 1.66. The van der Waals surface area contributed by atoms with Crippen molar-refractivity contribution in [3.63, 3.8) is 0 Å². The molecule has 0 radical (unpaired) electrons. The topological polar surface area (TPSA) is 26.3 Å². The number of rotatable bonds is 3. The van der Waals surface area contributed by atoms with Crippen LogP contribution in [0.25, 0.3) is 11.1 Å². The standard InChI is InChI=1S/C14H11FO2/c1-17-13-5-2-10(3-6-13)14-7-4-12(15)8-11(14)9-16/h2-9H,1H3. The molecule has 0 aliphatic heterocycles. The number of benzene rings is 2. The third-order valence-corrected chi connectivity index (χ3v) is 2.54. The van der Waals surface area contributed by atoms with Crippen molar-refractivity contribution in [3.8, 4) is 16.9 Å². The zero-order valence-electron chi connectivity index (χ0n) is 9.31. The maximum absolute atomic E-state index is 13.0. The lowest BCUT2D eigenvalue weighted by Gasteiger charge is -2.06.